The van der Waals surface area contributed by atoms with E-state index in [0.717, 1.165) is 20.9 Å². The summed E-state index contributed by atoms with van der Waals surface area (Å²) in [6, 6.07) is 13.7. The molecule has 0 amide bonds. The van der Waals surface area contributed by atoms with Crippen molar-refractivity contribution in [3.63, 3.8) is 0 Å². The highest BCUT2D eigenvalue weighted by molar-refractivity contribution is 7.99. The summed E-state index contributed by atoms with van der Waals surface area (Å²) in [7, 11) is 0. The van der Waals surface area contributed by atoms with Gasteiger partial charge in [0.05, 0.1) is 41.7 Å². The Morgan fingerprint density at radius 1 is 1.00 bits per heavy atom. The number of aromatic nitrogens is 4. The van der Waals surface area contributed by atoms with Crippen LogP contribution in [-0.4, -0.2) is 42.3 Å². The maximum Gasteiger partial charge on any atom is 0.103 e. The maximum atomic E-state index is 9.55. The third-order valence-electron chi connectivity index (χ3n) is 4.79. The van der Waals surface area contributed by atoms with E-state index in [4.69, 9.17) is 5.11 Å². The van der Waals surface area contributed by atoms with Crippen LogP contribution in [0.2, 0.25) is 0 Å². The molecule has 0 aliphatic rings. The van der Waals surface area contributed by atoms with E-state index in [2.05, 4.69) is 22.3 Å². The predicted octanol–water partition coefficient (Wildman–Crippen LogP) is 2.84. The first-order valence-electron chi connectivity index (χ1n) is 9.53. The largest absolute Gasteiger partial charge is 0.394 e. The number of aliphatic hydroxyl groups is 2. The number of nitriles is 2. The van der Waals surface area contributed by atoms with Crippen LogP contribution in [0.3, 0.4) is 0 Å². The van der Waals surface area contributed by atoms with E-state index >= 15 is 0 Å². The minimum Gasteiger partial charge on any atom is -0.394 e. The SMILES string of the molecule is N#Cc1ccccc1Sc1cc(-c2cnn(CC[C@H](O)CO)c2)cn2ncc(C#N)c12. The van der Waals surface area contributed by atoms with Gasteiger partial charge in [-0.15, -0.1) is 0 Å². The highest BCUT2D eigenvalue weighted by Gasteiger charge is 2.15. The van der Waals surface area contributed by atoms with Gasteiger partial charge in [-0.3, -0.25) is 4.68 Å². The van der Waals surface area contributed by atoms with Crippen LogP contribution in [0.5, 0.6) is 0 Å². The van der Waals surface area contributed by atoms with Crippen molar-refractivity contribution in [1.29, 1.82) is 10.5 Å². The number of hydrogen-bond donors (Lipinski definition) is 2. The number of pyridine rings is 1. The van der Waals surface area contributed by atoms with E-state index in [-0.39, 0.29) is 6.61 Å². The molecule has 0 radical (unpaired) electrons. The van der Waals surface area contributed by atoms with E-state index in [0.29, 0.717) is 29.6 Å². The van der Waals surface area contributed by atoms with Crippen LogP contribution in [0.4, 0.5) is 0 Å². The lowest BCUT2D eigenvalue weighted by atomic mass is 10.1. The number of aliphatic hydroxyl groups excluding tert-OH is 2. The molecule has 1 atom stereocenters. The molecule has 0 bridgehead atoms. The second kappa shape index (κ2) is 9.02. The van der Waals surface area contributed by atoms with Crippen LogP contribution < -0.4 is 0 Å². The summed E-state index contributed by atoms with van der Waals surface area (Å²) >= 11 is 1.41. The summed E-state index contributed by atoms with van der Waals surface area (Å²) < 4.78 is 3.37. The Kier molecular flexibility index (Phi) is 6.01. The van der Waals surface area contributed by atoms with Crippen LogP contribution >= 0.6 is 11.8 Å². The summed E-state index contributed by atoms with van der Waals surface area (Å²) in [6.07, 6.45) is 6.56. The molecule has 0 aliphatic carbocycles. The zero-order chi connectivity index (χ0) is 21.8. The first kappa shape index (κ1) is 20.6. The zero-order valence-electron chi connectivity index (χ0n) is 16.4. The molecule has 1 aromatic carbocycles. The molecule has 0 aliphatic heterocycles. The van der Waals surface area contributed by atoms with Crippen molar-refractivity contribution in [2.24, 2.45) is 0 Å². The molecule has 154 valence electrons. The average Bonchev–Trinajstić information content (AvgIpc) is 3.44. The van der Waals surface area contributed by atoms with Crippen molar-refractivity contribution in [2.45, 2.75) is 28.9 Å². The Morgan fingerprint density at radius 3 is 2.58 bits per heavy atom. The quantitative estimate of drug-likeness (QED) is 0.462. The Hall–Kier alpha value is -3.63. The van der Waals surface area contributed by atoms with Crippen LogP contribution in [0.1, 0.15) is 17.5 Å². The third kappa shape index (κ3) is 4.30. The number of benzene rings is 1. The van der Waals surface area contributed by atoms with Crippen LogP contribution in [0.15, 0.2) is 64.9 Å². The molecule has 4 aromatic rings. The topological polar surface area (TPSA) is 123 Å². The second-order valence-corrected chi connectivity index (χ2v) is 7.97. The van der Waals surface area contributed by atoms with Gasteiger partial charge in [-0.25, -0.2) is 4.52 Å². The smallest absolute Gasteiger partial charge is 0.103 e. The van der Waals surface area contributed by atoms with Gasteiger partial charge in [0.1, 0.15) is 12.1 Å². The van der Waals surface area contributed by atoms with Gasteiger partial charge >= 0.3 is 0 Å². The first-order chi connectivity index (χ1) is 15.1. The minimum atomic E-state index is -0.777. The van der Waals surface area contributed by atoms with E-state index < -0.39 is 6.10 Å². The lowest BCUT2D eigenvalue weighted by Crippen LogP contribution is -2.15. The minimum absolute atomic E-state index is 0.282. The standard InChI is InChI=1S/C22H18N6O2S/c23-8-15-3-1-2-4-20(15)31-21-7-16(13-28-22(21)17(9-24)10-26-28)18-11-25-27(12-18)6-5-19(30)14-29/h1-4,7,10-13,19,29-30H,5-6,14H2/t19-/m0/s1. The van der Waals surface area contributed by atoms with E-state index in [9.17, 15) is 15.6 Å². The molecular weight excluding hydrogens is 412 g/mol. The van der Waals surface area contributed by atoms with Crippen molar-refractivity contribution in [1.82, 2.24) is 19.4 Å². The van der Waals surface area contributed by atoms with Crippen molar-refractivity contribution in [2.75, 3.05) is 6.61 Å². The van der Waals surface area contributed by atoms with Gasteiger partial charge in [0.25, 0.3) is 0 Å². The van der Waals surface area contributed by atoms with Gasteiger partial charge in [0.15, 0.2) is 0 Å². The van der Waals surface area contributed by atoms with Crippen molar-refractivity contribution < 1.29 is 10.2 Å². The van der Waals surface area contributed by atoms with Crippen molar-refractivity contribution in [3.8, 4) is 23.3 Å². The molecule has 4 rings (SSSR count). The molecule has 3 aromatic heterocycles. The van der Waals surface area contributed by atoms with Gasteiger partial charge in [-0.2, -0.15) is 20.7 Å². The fourth-order valence-electron chi connectivity index (χ4n) is 3.18. The van der Waals surface area contributed by atoms with Crippen LogP contribution in [0.25, 0.3) is 16.6 Å². The molecule has 0 spiro atoms. The predicted molar refractivity (Wildman–Crippen MR) is 114 cm³/mol. The molecule has 0 fully saturated rings. The van der Waals surface area contributed by atoms with E-state index in [1.54, 1.807) is 21.5 Å². The summed E-state index contributed by atoms with van der Waals surface area (Å²) in [5.74, 6) is 0. The molecule has 31 heavy (non-hydrogen) atoms. The fraction of sp³-hybridized carbons (Fsp3) is 0.182. The molecule has 2 N–H and O–H groups in total. The summed E-state index contributed by atoms with van der Waals surface area (Å²) in [4.78, 5) is 1.60. The maximum absolute atomic E-state index is 9.55. The van der Waals surface area contributed by atoms with Crippen LogP contribution in [0, 0.1) is 22.7 Å². The Morgan fingerprint density at radius 2 is 1.81 bits per heavy atom. The monoisotopic (exact) mass is 430 g/mol. The number of hydrogen-bond acceptors (Lipinski definition) is 7. The lowest BCUT2D eigenvalue weighted by Gasteiger charge is -2.09. The summed E-state index contributed by atoms with van der Waals surface area (Å²) in [6.45, 7) is 0.192. The van der Waals surface area contributed by atoms with Crippen molar-refractivity contribution in [3.05, 3.63) is 66.2 Å². The molecule has 0 saturated carbocycles. The van der Waals surface area contributed by atoms with Gasteiger partial charge < -0.3 is 10.2 Å². The van der Waals surface area contributed by atoms with Gasteiger partial charge in [0.2, 0.25) is 0 Å². The lowest BCUT2D eigenvalue weighted by molar-refractivity contribution is 0.0838. The molecule has 9 heteroatoms. The van der Waals surface area contributed by atoms with E-state index in [1.165, 1.54) is 18.0 Å². The third-order valence-corrected chi connectivity index (χ3v) is 5.90. The number of fused-ring (bicyclic) bond motifs is 1. The van der Waals surface area contributed by atoms with Crippen LogP contribution in [-0.2, 0) is 6.54 Å². The Bertz CT molecular complexity index is 1310. The van der Waals surface area contributed by atoms with Gasteiger partial charge in [-0.05, 0) is 24.6 Å². The van der Waals surface area contributed by atoms with E-state index in [1.807, 2.05) is 36.7 Å². The molecule has 8 nitrogen and oxygen atoms in total. The first-order valence-corrected chi connectivity index (χ1v) is 10.3. The van der Waals surface area contributed by atoms with Gasteiger partial charge in [-0.1, -0.05) is 23.9 Å². The summed E-state index contributed by atoms with van der Waals surface area (Å²) in [5, 5.41) is 46.1. The highest BCUT2D eigenvalue weighted by atomic mass is 32.2. The molecular formula is C22H18N6O2S. The Labute approximate surface area is 182 Å². The van der Waals surface area contributed by atoms with Crippen molar-refractivity contribution >= 4 is 17.3 Å². The number of rotatable bonds is 7. The molecule has 3 heterocycles. The zero-order valence-corrected chi connectivity index (χ0v) is 17.2. The summed E-state index contributed by atoms with van der Waals surface area (Å²) in [5.41, 5.74) is 3.40. The molecule has 0 unspecified atom stereocenters. The normalized spacial score (nSPS) is 11.9. The second-order valence-electron chi connectivity index (χ2n) is 6.88. The fourth-order valence-corrected chi connectivity index (χ4v) is 4.27. The number of nitrogens with zero attached hydrogens (tertiary/aromatic N) is 6. The molecule has 0 saturated heterocycles. The number of aryl methyl sites for hydroxylation is 1. The van der Waals surface area contributed by atoms with Gasteiger partial charge in [0, 0.05) is 39.9 Å². The highest BCUT2D eigenvalue weighted by Crippen LogP contribution is 2.36. The average molecular weight is 430 g/mol. The Balaban J connectivity index is 1.74.